The van der Waals surface area contributed by atoms with Gasteiger partial charge in [-0.1, -0.05) is 30.3 Å². The van der Waals surface area contributed by atoms with Crippen molar-refractivity contribution >= 4 is 16.9 Å². The van der Waals surface area contributed by atoms with Gasteiger partial charge in [-0.05, 0) is 12.1 Å². The molecular formula is C16H9F3N2O2. The van der Waals surface area contributed by atoms with Crippen LogP contribution in [0.1, 0.15) is 16.1 Å². The highest BCUT2D eigenvalue weighted by atomic mass is 19.4. The lowest BCUT2D eigenvalue weighted by molar-refractivity contribution is -0.141. The van der Waals surface area contributed by atoms with Crippen LogP contribution in [0.3, 0.4) is 0 Å². The first-order chi connectivity index (χ1) is 10.9. The topological polar surface area (TPSA) is 63.1 Å². The van der Waals surface area contributed by atoms with E-state index in [1.807, 2.05) is 0 Å². The van der Waals surface area contributed by atoms with Crippen molar-refractivity contribution in [1.29, 1.82) is 0 Å². The molecule has 0 spiro atoms. The highest BCUT2D eigenvalue weighted by Crippen LogP contribution is 2.34. The van der Waals surface area contributed by atoms with Crippen LogP contribution in [-0.2, 0) is 6.18 Å². The number of aromatic carboxylic acids is 1. The lowest BCUT2D eigenvalue weighted by Crippen LogP contribution is -2.15. The Labute approximate surface area is 128 Å². The maximum Gasteiger partial charge on any atom is 0.434 e. The van der Waals surface area contributed by atoms with Crippen LogP contribution in [0.5, 0.6) is 0 Å². The second-order valence-corrected chi connectivity index (χ2v) is 4.78. The van der Waals surface area contributed by atoms with Gasteiger partial charge >= 0.3 is 12.1 Å². The lowest BCUT2D eigenvalue weighted by Gasteiger charge is -2.12. The molecule has 0 fully saturated rings. The number of benzene rings is 1. The minimum absolute atomic E-state index is 0.0102. The Morgan fingerprint density at radius 3 is 2.39 bits per heavy atom. The van der Waals surface area contributed by atoms with Gasteiger partial charge in [-0.25, -0.2) is 9.78 Å². The molecule has 0 unspecified atom stereocenters. The molecule has 0 bridgehead atoms. The Kier molecular flexibility index (Phi) is 3.48. The predicted octanol–water partition coefficient (Wildman–Crippen LogP) is 4.01. The van der Waals surface area contributed by atoms with Crippen LogP contribution in [0.4, 0.5) is 13.2 Å². The molecule has 0 amide bonds. The van der Waals surface area contributed by atoms with E-state index >= 15 is 0 Å². The number of hydrogen-bond acceptors (Lipinski definition) is 3. The van der Waals surface area contributed by atoms with E-state index in [4.69, 9.17) is 5.11 Å². The number of rotatable bonds is 2. The Bertz CT molecular complexity index is 893. The van der Waals surface area contributed by atoms with Crippen molar-refractivity contribution in [3.63, 3.8) is 0 Å². The third-order valence-electron chi connectivity index (χ3n) is 3.28. The van der Waals surface area contributed by atoms with E-state index in [-0.39, 0.29) is 16.6 Å². The fourth-order valence-electron chi connectivity index (χ4n) is 2.29. The largest absolute Gasteiger partial charge is 0.478 e. The van der Waals surface area contributed by atoms with Crippen molar-refractivity contribution in [3.05, 3.63) is 59.9 Å². The molecular weight excluding hydrogens is 309 g/mol. The van der Waals surface area contributed by atoms with Gasteiger partial charge in [0.05, 0.1) is 16.8 Å². The molecule has 3 aromatic rings. The van der Waals surface area contributed by atoms with Gasteiger partial charge in [-0.3, -0.25) is 4.98 Å². The van der Waals surface area contributed by atoms with Crippen molar-refractivity contribution in [2.45, 2.75) is 6.18 Å². The van der Waals surface area contributed by atoms with Crippen molar-refractivity contribution in [3.8, 4) is 11.3 Å². The van der Waals surface area contributed by atoms with Crippen molar-refractivity contribution < 1.29 is 23.1 Å². The Morgan fingerprint density at radius 1 is 1.09 bits per heavy atom. The number of alkyl halides is 3. The van der Waals surface area contributed by atoms with Gasteiger partial charge in [0.1, 0.15) is 0 Å². The van der Waals surface area contributed by atoms with Gasteiger partial charge in [0, 0.05) is 17.1 Å². The van der Waals surface area contributed by atoms with Crippen molar-refractivity contribution in [1.82, 2.24) is 9.97 Å². The Morgan fingerprint density at radius 2 is 1.78 bits per heavy atom. The summed E-state index contributed by atoms with van der Waals surface area (Å²) < 4.78 is 39.4. The second kappa shape index (κ2) is 5.35. The van der Waals surface area contributed by atoms with Crippen molar-refractivity contribution in [2.75, 3.05) is 0 Å². The first kappa shape index (κ1) is 15.0. The third-order valence-corrected chi connectivity index (χ3v) is 3.28. The minimum Gasteiger partial charge on any atom is -0.478 e. The van der Waals surface area contributed by atoms with E-state index in [2.05, 4.69) is 9.97 Å². The molecule has 0 saturated carbocycles. The summed E-state index contributed by atoms with van der Waals surface area (Å²) in [6.07, 6.45) is -3.46. The average Bonchev–Trinajstić information content (AvgIpc) is 2.53. The summed E-state index contributed by atoms with van der Waals surface area (Å²) >= 11 is 0. The lowest BCUT2D eigenvalue weighted by atomic mass is 10.0. The summed E-state index contributed by atoms with van der Waals surface area (Å²) in [6, 6.07) is 11.0. The van der Waals surface area contributed by atoms with Gasteiger partial charge < -0.3 is 5.11 Å². The van der Waals surface area contributed by atoms with E-state index in [0.29, 0.717) is 5.56 Å². The molecule has 2 heterocycles. The molecule has 0 aliphatic heterocycles. The zero-order valence-electron chi connectivity index (χ0n) is 11.5. The molecule has 3 rings (SSSR count). The molecule has 0 aliphatic rings. The monoisotopic (exact) mass is 318 g/mol. The van der Waals surface area contributed by atoms with E-state index in [1.54, 1.807) is 30.3 Å². The number of carbonyl (C=O) groups is 1. The van der Waals surface area contributed by atoms with Crippen LogP contribution in [0.25, 0.3) is 22.2 Å². The number of hydrogen-bond donors (Lipinski definition) is 1. The molecule has 1 N–H and O–H groups in total. The number of aromatic nitrogens is 2. The minimum atomic E-state index is -4.87. The maximum atomic E-state index is 13.1. The second-order valence-electron chi connectivity index (χ2n) is 4.78. The van der Waals surface area contributed by atoms with Gasteiger partial charge in [0.15, 0.2) is 5.69 Å². The van der Waals surface area contributed by atoms with Crippen LogP contribution >= 0.6 is 0 Å². The Hall–Kier alpha value is -2.96. The molecule has 0 saturated heterocycles. The molecule has 0 aliphatic carbocycles. The van der Waals surface area contributed by atoms with E-state index in [9.17, 15) is 18.0 Å². The standard InChI is InChI=1S/C16H9F3N2O2/c17-16(18,19)14-11(15(22)23)8-10-6-7-20-12(13(10)21-14)9-4-2-1-3-5-9/h1-8H,(H,22,23). The van der Waals surface area contributed by atoms with Gasteiger partial charge in [0.25, 0.3) is 0 Å². The molecule has 0 atom stereocenters. The zero-order valence-corrected chi connectivity index (χ0v) is 11.5. The van der Waals surface area contributed by atoms with Crippen molar-refractivity contribution in [2.24, 2.45) is 0 Å². The molecule has 7 heteroatoms. The molecule has 2 aromatic heterocycles. The van der Waals surface area contributed by atoms with Crippen LogP contribution in [0.15, 0.2) is 48.7 Å². The SMILES string of the molecule is O=C(O)c1cc2ccnc(-c3ccccc3)c2nc1C(F)(F)F. The fourth-order valence-corrected chi connectivity index (χ4v) is 2.29. The molecule has 23 heavy (non-hydrogen) atoms. The number of fused-ring (bicyclic) bond motifs is 1. The van der Waals surface area contributed by atoms with Crippen LogP contribution < -0.4 is 0 Å². The van der Waals surface area contributed by atoms with Crippen LogP contribution in [-0.4, -0.2) is 21.0 Å². The molecule has 1 aromatic carbocycles. The number of pyridine rings is 2. The average molecular weight is 318 g/mol. The normalized spacial score (nSPS) is 11.6. The van der Waals surface area contributed by atoms with Crippen LogP contribution in [0, 0.1) is 0 Å². The first-order valence-electron chi connectivity index (χ1n) is 6.53. The number of nitrogens with zero attached hydrogens (tertiary/aromatic N) is 2. The summed E-state index contributed by atoms with van der Waals surface area (Å²) in [7, 11) is 0. The highest BCUT2D eigenvalue weighted by Gasteiger charge is 2.38. The van der Waals surface area contributed by atoms with Gasteiger partial charge in [-0.15, -0.1) is 0 Å². The van der Waals surface area contributed by atoms with Gasteiger partial charge in [-0.2, -0.15) is 13.2 Å². The fraction of sp³-hybridized carbons (Fsp3) is 0.0625. The van der Waals surface area contributed by atoms with E-state index < -0.39 is 23.4 Å². The number of carboxylic acid groups (broad SMARTS) is 1. The smallest absolute Gasteiger partial charge is 0.434 e. The van der Waals surface area contributed by atoms with E-state index in [1.165, 1.54) is 12.3 Å². The number of halogens is 3. The Balaban J connectivity index is 2.36. The third kappa shape index (κ3) is 2.73. The summed E-state index contributed by atoms with van der Waals surface area (Å²) in [5, 5.41) is 9.30. The van der Waals surface area contributed by atoms with Crippen LogP contribution in [0.2, 0.25) is 0 Å². The molecule has 4 nitrogen and oxygen atoms in total. The molecule has 0 radical (unpaired) electrons. The van der Waals surface area contributed by atoms with E-state index in [0.717, 1.165) is 6.07 Å². The molecule has 116 valence electrons. The predicted molar refractivity (Wildman–Crippen MR) is 76.9 cm³/mol. The quantitative estimate of drug-likeness (QED) is 0.775. The highest BCUT2D eigenvalue weighted by molar-refractivity contribution is 5.98. The summed E-state index contributed by atoms with van der Waals surface area (Å²) in [5.41, 5.74) is -1.43. The number of carboxylic acids is 1. The maximum absolute atomic E-state index is 13.1. The van der Waals surface area contributed by atoms with Gasteiger partial charge in [0.2, 0.25) is 0 Å². The summed E-state index contributed by atoms with van der Waals surface area (Å²) in [4.78, 5) is 18.8. The summed E-state index contributed by atoms with van der Waals surface area (Å²) in [6.45, 7) is 0. The first-order valence-corrected chi connectivity index (χ1v) is 6.53. The summed E-state index contributed by atoms with van der Waals surface area (Å²) in [5.74, 6) is -1.68. The zero-order chi connectivity index (χ0) is 16.6.